The van der Waals surface area contributed by atoms with E-state index in [9.17, 15) is 4.79 Å². The lowest BCUT2D eigenvalue weighted by Crippen LogP contribution is -2.42. The lowest BCUT2D eigenvalue weighted by Gasteiger charge is -2.12. The van der Waals surface area contributed by atoms with Crippen molar-refractivity contribution in [3.63, 3.8) is 0 Å². The third-order valence-electron chi connectivity index (χ3n) is 3.09. The molecule has 1 atom stereocenters. The average Bonchev–Trinajstić information content (AvgIpc) is 2.97. The van der Waals surface area contributed by atoms with E-state index >= 15 is 0 Å². The number of nitrogens with two attached hydrogens (primary N) is 1. The van der Waals surface area contributed by atoms with Crippen molar-refractivity contribution in [2.75, 3.05) is 6.54 Å². The Labute approximate surface area is 143 Å². The van der Waals surface area contributed by atoms with E-state index < -0.39 is 6.04 Å². The molecule has 1 amide bonds. The number of hydrogen-bond donors (Lipinski definition) is 2. The predicted octanol–water partition coefficient (Wildman–Crippen LogP) is 1.80. The summed E-state index contributed by atoms with van der Waals surface area (Å²) in [7, 11) is 0. The fourth-order valence-electron chi connectivity index (χ4n) is 1.98. The zero-order valence-electron chi connectivity index (χ0n) is 12.2. The van der Waals surface area contributed by atoms with Crippen LogP contribution >= 0.6 is 24.8 Å². The quantitative estimate of drug-likeness (QED) is 0.752. The van der Waals surface area contributed by atoms with Crippen molar-refractivity contribution >= 4 is 30.7 Å². The maximum absolute atomic E-state index is 11.9. The van der Waals surface area contributed by atoms with Crippen molar-refractivity contribution in [3.8, 4) is 0 Å². The number of aryl methyl sites for hydroxylation is 1. The summed E-state index contributed by atoms with van der Waals surface area (Å²) >= 11 is 0. The van der Waals surface area contributed by atoms with Crippen LogP contribution in [0.5, 0.6) is 0 Å². The first-order valence-corrected chi connectivity index (χ1v) is 6.78. The molecule has 5 nitrogen and oxygen atoms in total. The molecule has 2 aromatic rings. The Hall–Kier alpha value is -1.56. The Balaban J connectivity index is 0.00000220. The van der Waals surface area contributed by atoms with Crippen LogP contribution in [0.25, 0.3) is 0 Å². The monoisotopic (exact) mass is 344 g/mol. The summed E-state index contributed by atoms with van der Waals surface area (Å²) in [5, 5.41) is 2.87. The van der Waals surface area contributed by atoms with E-state index in [4.69, 9.17) is 5.73 Å². The third-order valence-corrected chi connectivity index (χ3v) is 3.09. The van der Waals surface area contributed by atoms with Crippen LogP contribution in [-0.2, 0) is 17.8 Å². The summed E-state index contributed by atoms with van der Waals surface area (Å²) < 4.78 is 1.98. The van der Waals surface area contributed by atoms with E-state index in [1.165, 1.54) is 0 Å². The Morgan fingerprint density at radius 1 is 1.27 bits per heavy atom. The highest BCUT2D eigenvalue weighted by Crippen LogP contribution is 2.01. The molecule has 22 heavy (non-hydrogen) atoms. The standard InChI is InChI=1S/C15H20N4O.2ClH/c16-14(11-13-5-2-1-3-6-13)15(20)18-7-4-9-19-10-8-17-12-19;;/h1-3,5-6,8,10,12,14H,4,7,9,11,16H2,(H,18,20);2*1H/t14-;;/m0../s1. The van der Waals surface area contributed by atoms with Crippen LogP contribution in [0.1, 0.15) is 12.0 Å². The fraction of sp³-hybridized carbons (Fsp3) is 0.333. The summed E-state index contributed by atoms with van der Waals surface area (Å²) in [6.45, 7) is 1.47. The second kappa shape index (κ2) is 11.1. The highest BCUT2D eigenvalue weighted by Gasteiger charge is 2.12. The average molecular weight is 345 g/mol. The molecule has 1 aromatic carbocycles. The third kappa shape index (κ3) is 6.93. The van der Waals surface area contributed by atoms with Gasteiger partial charge in [-0.25, -0.2) is 4.98 Å². The summed E-state index contributed by atoms with van der Waals surface area (Å²) in [5.41, 5.74) is 6.98. The molecule has 0 saturated heterocycles. The van der Waals surface area contributed by atoms with Gasteiger partial charge in [0.1, 0.15) is 0 Å². The minimum absolute atomic E-state index is 0. The first-order chi connectivity index (χ1) is 9.75. The van der Waals surface area contributed by atoms with Gasteiger partial charge >= 0.3 is 0 Å². The minimum Gasteiger partial charge on any atom is -0.355 e. The molecule has 122 valence electrons. The van der Waals surface area contributed by atoms with E-state index in [0.29, 0.717) is 13.0 Å². The molecular formula is C15H22Cl2N4O. The second-order valence-electron chi connectivity index (χ2n) is 4.74. The van der Waals surface area contributed by atoms with Crippen molar-refractivity contribution in [2.45, 2.75) is 25.4 Å². The van der Waals surface area contributed by atoms with Crippen LogP contribution < -0.4 is 11.1 Å². The molecule has 0 fully saturated rings. The molecule has 0 unspecified atom stereocenters. The first kappa shape index (κ1) is 20.4. The number of hydrogen-bond acceptors (Lipinski definition) is 3. The number of halogens is 2. The van der Waals surface area contributed by atoms with Gasteiger partial charge in [-0.1, -0.05) is 30.3 Å². The van der Waals surface area contributed by atoms with Crippen LogP contribution in [0, 0.1) is 0 Å². The number of carbonyl (C=O) groups excluding carboxylic acids is 1. The topological polar surface area (TPSA) is 72.9 Å². The zero-order valence-corrected chi connectivity index (χ0v) is 13.9. The van der Waals surface area contributed by atoms with Gasteiger partial charge in [0.05, 0.1) is 12.4 Å². The first-order valence-electron chi connectivity index (χ1n) is 6.78. The second-order valence-corrected chi connectivity index (χ2v) is 4.74. The van der Waals surface area contributed by atoms with Crippen LogP contribution in [0.2, 0.25) is 0 Å². The van der Waals surface area contributed by atoms with E-state index in [2.05, 4.69) is 10.3 Å². The SMILES string of the molecule is Cl.Cl.N[C@@H](Cc1ccccc1)C(=O)NCCCn1ccnc1. The Kier molecular flexibility index (Phi) is 10.3. The summed E-state index contributed by atoms with van der Waals surface area (Å²) in [6.07, 6.45) is 6.84. The molecule has 1 aromatic heterocycles. The number of nitrogens with one attached hydrogen (secondary N) is 1. The van der Waals surface area contributed by atoms with Gasteiger partial charge in [0.15, 0.2) is 0 Å². The number of carbonyl (C=O) groups is 1. The Morgan fingerprint density at radius 3 is 2.64 bits per heavy atom. The molecular weight excluding hydrogens is 323 g/mol. The van der Waals surface area contributed by atoms with E-state index in [0.717, 1.165) is 18.5 Å². The lowest BCUT2D eigenvalue weighted by molar-refractivity contribution is -0.122. The maximum atomic E-state index is 11.9. The number of benzene rings is 1. The van der Waals surface area contributed by atoms with Gasteiger partial charge < -0.3 is 15.6 Å². The van der Waals surface area contributed by atoms with Crippen LogP contribution in [0.3, 0.4) is 0 Å². The maximum Gasteiger partial charge on any atom is 0.237 e. The molecule has 3 N–H and O–H groups in total. The molecule has 0 spiro atoms. The van der Waals surface area contributed by atoms with Crippen molar-refractivity contribution in [1.82, 2.24) is 14.9 Å². The molecule has 7 heteroatoms. The predicted molar refractivity (Wildman–Crippen MR) is 92.5 cm³/mol. The smallest absolute Gasteiger partial charge is 0.237 e. The number of aromatic nitrogens is 2. The van der Waals surface area contributed by atoms with Gasteiger partial charge in [-0.05, 0) is 18.4 Å². The zero-order chi connectivity index (χ0) is 14.2. The lowest BCUT2D eigenvalue weighted by atomic mass is 10.1. The molecule has 0 radical (unpaired) electrons. The number of rotatable bonds is 7. The van der Waals surface area contributed by atoms with Crippen LogP contribution in [-0.4, -0.2) is 28.0 Å². The van der Waals surface area contributed by atoms with Gasteiger partial charge in [0.2, 0.25) is 5.91 Å². The normalized spacial score (nSPS) is 11.0. The largest absolute Gasteiger partial charge is 0.355 e. The van der Waals surface area contributed by atoms with Crippen molar-refractivity contribution in [1.29, 1.82) is 0 Å². The van der Waals surface area contributed by atoms with Gasteiger partial charge in [-0.15, -0.1) is 24.8 Å². The van der Waals surface area contributed by atoms with Gasteiger partial charge in [0, 0.05) is 25.5 Å². The van der Waals surface area contributed by atoms with Crippen LogP contribution in [0.4, 0.5) is 0 Å². The minimum atomic E-state index is -0.495. The highest BCUT2D eigenvalue weighted by molar-refractivity contribution is 5.85. The van der Waals surface area contributed by atoms with E-state index in [1.807, 2.05) is 41.1 Å². The van der Waals surface area contributed by atoms with Crippen molar-refractivity contribution in [2.24, 2.45) is 5.73 Å². The van der Waals surface area contributed by atoms with E-state index in [-0.39, 0.29) is 30.7 Å². The Bertz CT molecular complexity index is 520. The highest BCUT2D eigenvalue weighted by atomic mass is 35.5. The Morgan fingerprint density at radius 2 is 2.00 bits per heavy atom. The number of amides is 1. The number of nitrogens with zero attached hydrogens (tertiary/aromatic N) is 2. The fourth-order valence-corrected chi connectivity index (χ4v) is 1.98. The molecule has 0 aliphatic rings. The molecule has 0 aliphatic heterocycles. The van der Waals surface area contributed by atoms with E-state index in [1.54, 1.807) is 12.5 Å². The van der Waals surface area contributed by atoms with Crippen LogP contribution in [0.15, 0.2) is 49.1 Å². The number of imidazole rings is 1. The summed E-state index contributed by atoms with van der Waals surface area (Å²) in [6, 6.07) is 9.31. The molecule has 0 aliphatic carbocycles. The van der Waals surface area contributed by atoms with Gasteiger partial charge in [-0.2, -0.15) is 0 Å². The molecule has 0 saturated carbocycles. The van der Waals surface area contributed by atoms with Gasteiger partial charge in [0.25, 0.3) is 0 Å². The van der Waals surface area contributed by atoms with Crippen molar-refractivity contribution in [3.05, 3.63) is 54.6 Å². The molecule has 1 heterocycles. The molecule has 2 rings (SSSR count). The summed E-state index contributed by atoms with van der Waals surface area (Å²) in [5.74, 6) is -0.0977. The van der Waals surface area contributed by atoms with Crippen molar-refractivity contribution < 1.29 is 4.79 Å². The van der Waals surface area contributed by atoms with Gasteiger partial charge in [-0.3, -0.25) is 4.79 Å². The summed E-state index contributed by atoms with van der Waals surface area (Å²) in [4.78, 5) is 15.8. The molecule has 0 bridgehead atoms.